The number of fused-ring (bicyclic) bond motifs is 4. The number of hydrogen-bond donors (Lipinski definition) is 0. The van der Waals surface area contributed by atoms with Crippen LogP contribution in [0.5, 0.6) is 11.5 Å². The number of nitrogens with zero attached hydrogens (tertiary/aromatic N) is 3. The average Bonchev–Trinajstić information content (AvgIpc) is 3.87. The van der Waals surface area contributed by atoms with Gasteiger partial charge in [-0.05, 0) is 28.3 Å². The average molecular weight is 997 g/mol. The molecule has 10 rings (SSSR count). The molecule has 1 aliphatic rings. The third kappa shape index (κ3) is 6.87. The molecule has 0 radical (unpaired) electrons. The first-order chi connectivity index (χ1) is 32.0. The van der Waals surface area contributed by atoms with Gasteiger partial charge < -0.3 is 4.58 Å². The minimum Gasteiger partial charge on any atom is -0.0738 e. The van der Waals surface area contributed by atoms with Gasteiger partial charge >= 0.3 is 186 Å². The van der Waals surface area contributed by atoms with Crippen LogP contribution in [0.3, 0.4) is 0 Å². The first-order valence-electron chi connectivity index (χ1n) is 23.6. The van der Waals surface area contributed by atoms with E-state index in [1.807, 2.05) is 66.9 Å². The van der Waals surface area contributed by atoms with Crippen molar-refractivity contribution < 1.29 is 39.5 Å². The molecule has 0 saturated carbocycles. The summed E-state index contributed by atoms with van der Waals surface area (Å²) in [5.74, 6) is 8.76. The molecule has 0 amide bonds. The Kier molecular flexibility index (Phi) is 7.45. The van der Waals surface area contributed by atoms with E-state index in [0.717, 1.165) is 33.1 Å². The Labute approximate surface area is 371 Å². The van der Waals surface area contributed by atoms with Crippen LogP contribution in [-0.2, 0) is 21.1 Å². The molecule has 0 bridgehead atoms. The summed E-state index contributed by atoms with van der Waals surface area (Å²) in [6.45, 7) is -0.597. The molecule has 7 heteroatoms. The van der Waals surface area contributed by atoms with E-state index in [2.05, 4.69) is 64.3 Å². The molecule has 0 N–H and O–H groups in total. The molecule has 4 nitrogen and oxygen atoms in total. The van der Waals surface area contributed by atoms with Crippen molar-refractivity contribution in [2.75, 3.05) is 0 Å². The maximum atomic E-state index is 9.00. The van der Waals surface area contributed by atoms with Crippen LogP contribution >= 0.6 is 0 Å². The van der Waals surface area contributed by atoms with Crippen LogP contribution in [0.25, 0.3) is 49.9 Å². The molecule has 282 valence electrons. The van der Waals surface area contributed by atoms with Gasteiger partial charge in [0.2, 0.25) is 0 Å². The summed E-state index contributed by atoms with van der Waals surface area (Å²) >= 11 is -2.22. The van der Waals surface area contributed by atoms with E-state index in [-0.39, 0.29) is 49.0 Å². The van der Waals surface area contributed by atoms with Crippen molar-refractivity contribution >= 4 is 74.6 Å². The molecule has 0 saturated heterocycles. The second-order valence-corrected chi connectivity index (χ2v) is 25.5. The van der Waals surface area contributed by atoms with Gasteiger partial charge in [0.05, 0.1) is 25.5 Å². The Morgan fingerprint density at radius 1 is 0.690 bits per heavy atom. The predicted octanol–water partition coefficient (Wildman–Crippen LogP) is 10.4. The molecule has 0 fully saturated rings. The molecule has 0 unspecified atom stereocenters. The number of pyridine rings is 1. The van der Waals surface area contributed by atoms with Gasteiger partial charge in [-0.1, -0.05) is 102 Å². The zero-order chi connectivity index (χ0) is 47.2. The van der Waals surface area contributed by atoms with Gasteiger partial charge in [0.15, 0.2) is 0 Å². The maximum absolute atomic E-state index is 9.00. The Morgan fingerprint density at radius 3 is 2.10 bits per heavy atom. The first-order valence-corrected chi connectivity index (χ1v) is 25.9. The van der Waals surface area contributed by atoms with Crippen molar-refractivity contribution in [2.45, 2.75) is 17.3 Å². The van der Waals surface area contributed by atoms with E-state index in [0.29, 0.717) is 22.6 Å². The van der Waals surface area contributed by atoms with Crippen molar-refractivity contribution in [3.8, 4) is 39.6 Å². The van der Waals surface area contributed by atoms with Gasteiger partial charge in [-0.25, -0.2) is 0 Å². The van der Waals surface area contributed by atoms with E-state index >= 15 is 0 Å². The quantitative estimate of drug-likeness (QED) is 0.0863. The Hall–Kier alpha value is -5.74. The van der Waals surface area contributed by atoms with Crippen LogP contribution in [0, 0.1) is 12.1 Å². The van der Waals surface area contributed by atoms with Crippen LogP contribution < -0.4 is 24.6 Å². The summed E-state index contributed by atoms with van der Waals surface area (Å²) < 4.78 is 98.5. The Morgan fingerprint density at radius 2 is 1.36 bits per heavy atom. The fourth-order valence-electron chi connectivity index (χ4n) is 7.57. The van der Waals surface area contributed by atoms with Crippen LogP contribution in [0.15, 0.2) is 176 Å². The topological polar surface area (TPSA) is 30.1 Å². The molecule has 0 atom stereocenters. The molecule has 58 heavy (non-hydrogen) atoms. The van der Waals surface area contributed by atoms with Crippen molar-refractivity contribution in [1.29, 1.82) is 0 Å². The van der Waals surface area contributed by atoms with Gasteiger partial charge in [-0.3, -0.25) is 0 Å². The number of ether oxygens (including phenoxy) is 1. The van der Waals surface area contributed by atoms with Gasteiger partial charge in [0.25, 0.3) is 0 Å². The molecule has 2 aromatic heterocycles. The molecular formula is C51H38BGeN3OPt-2. The van der Waals surface area contributed by atoms with Gasteiger partial charge in [0, 0.05) is 21.1 Å². The summed E-state index contributed by atoms with van der Waals surface area (Å²) in [4.78, 5) is 4.83. The molecule has 9 aromatic rings. The van der Waals surface area contributed by atoms with Crippen LogP contribution in [0.1, 0.15) is 13.7 Å². The second kappa shape index (κ2) is 15.5. The van der Waals surface area contributed by atoms with Crippen LogP contribution in [0.2, 0.25) is 17.3 Å². The fraction of sp³-hybridized carbons (Fsp3) is 0.0588. The predicted molar refractivity (Wildman–Crippen MR) is 241 cm³/mol. The second-order valence-electron chi connectivity index (χ2n) is 14.8. The van der Waals surface area contributed by atoms with Crippen molar-refractivity contribution in [3.05, 3.63) is 188 Å². The zero-order valence-corrected chi connectivity index (χ0v) is 36.0. The molecule has 7 aromatic carbocycles. The third-order valence-electron chi connectivity index (χ3n) is 10.3. The Balaban J connectivity index is 0.00000578. The van der Waals surface area contributed by atoms with E-state index in [9.17, 15) is 0 Å². The SMILES string of the molecule is [2H]c1c([2H])c([2H])c(-c2cccc(-c3c([2H])c([2H])c([2H])c([2H])c3[2H])c2[N+]2=[C-]B(c3[c-]c(Oc4[c-]c5c(cc4)c4ccccc4n5-c4c[c]([Ge]([CH3])([CH3])[CH3])ccn4)ccc3)c3ccccc32)c([2H])c1[2H].[Pt]. The first kappa shape index (κ1) is 27.8. The smallest absolute Gasteiger partial charge is 0.0738 e. The molecule has 1 aliphatic heterocycles. The van der Waals surface area contributed by atoms with E-state index in [1.165, 1.54) is 4.40 Å². The molecule has 3 heterocycles. The molecular weight excluding hydrogens is 949 g/mol. The minimum atomic E-state index is -2.22. The number of hydrogen-bond acceptors (Lipinski definition) is 2. The van der Waals surface area contributed by atoms with Crippen LogP contribution in [0.4, 0.5) is 11.4 Å². The third-order valence-corrected chi connectivity index (χ3v) is 14.6. The number of para-hydroxylation sites is 3. The number of aromatic nitrogens is 2. The summed E-state index contributed by atoms with van der Waals surface area (Å²) in [5.41, 5.74) is 4.21. The van der Waals surface area contributed by atoms with Crippen molar-refractivity contribution in [1.82, 2.24) is 14.1 Å². The monoisotopic (exact) mass is 998 g/mol. The normalized spacial score (nSPS) is 14.7. The van der Waals surface area contributed by atoms with E-state index in [1.54, 1.807) is 28.8 Å². The number of rotatable bonds is 8. The summed E-state index contributed by atoms with van der Waals surface area (Å²) in [5, 5.41) is 2.07. The van der Waals surface area contributed by atoms with E-state index < -0.39 is 80.4 Å². The standard InChI is InChI=1S/C51H38BGeN3O.Pt/c1-53(2,3)39-30-31-54-50(33-39)56-47-26-12-10-22-44(47)45-29-28-41(34-49(45)56)57-40-21-14-20-38(32-40)52-35-55(48-27-13-11-25-46(48)52)51-42(36-16-6-4-7-17-36)23-15-24-43(51)37-18-8-5-9-19-37;/h4-31,33H,1-3H3;/q-2;/i4D,5D,6D,7D,8D,9D,16D,17D,18D,19D;. The Bertz CT molecular complexity index is 3450. The number of benzene rings is 7. The van der Waals surface area contributed by atoms with E-state index in [4.69, 9.17) is 23.4 Å². The van der Waals surface area contributed by atoms with Gasteiger partial charge in [-0.15, -0.1) is 0 Å². The molecule has 0 spiro atoms. The van der Waals surface area contributed by atoms with Crippen molar-refractivity contribution in [3.63, 3.8) is 0 Å². The minimum absolute atomic E-state index is 0. The van der Waals surface area contributed by atoms with Gasteiger partial charge in [-0.2, -0.15) is 0 Å². The van der Waals surface area contributed by atoms with Crippen molar-refractivity contribution in [2.24, 2.45) is 0 Å². The molecule has 0 aliphatic carbocycles. The van der Waals surface area contributed by atoms with Crippen LogP contribution in [-0.4, -0.2) is 35.6 Å². The summed E-state index contributed by atoms with van der Waals surface area (Å²) in [6.07, 6.45) is 5.44. The zero-order valence-electron chi connectivity index (χ0n) is 41.6. The fourth-order valence-corrected chi connectivity index (χ4v) is 9.96. The summed E-state index contributed by atoms with van der Waals surface area (Å²) in [6, 6.07) is 36.2. The van der Waals surface area contributed by atoms with Gasteiger partial charge in [0.1, 0.15) is 5.69 Å². The summed E-state index contributed by atoms with van der Waals surface area (Å²) in [7, 11) is 0.